The SMILES string of the molecule is COC(=O)/N=c1\sc(C)cn1-c1ccc2c(c1)OC(F)(F)O2. The van der Waals surface area contributed by atoms with Gasteiger partial charge in [0.25, 0.3) is 0 Å². The molecule has 9 heteroatoms. The Hall–Kier alpha value is -2.42. The predicted octanol–water partition coefficient (Wildman–Crippen LogP) is 2.84. The van der Waals surface area contributed by atoms with Crippen LogP contribution in [0.5, 0.6) is 11.5 Å². The average Bonchev–Trinajstić information content (AvgIpc) is 2.95. The molecule has 0 fully saturated rings. The molecule has 1 aromatic carbocycles. The summed E-state index contributed by atoms with van der Waals surface area (Å²) in [7, 11) is 1.22. The number of aryl methyl sites for hydroxylation is 1. The zero-order valence-corrected chi connectivity index (χ0v) is 12.3. The Labute approximate surface area is 127 Å². The molecule has 0 saturated carbocycles. The maximum absolute atomic E-state index is 13.0. The number of hydrogen-bond acceptors (Lipinski definition) is 5. The first-order chi connectivity index (χ1) is 10.4. The molecular formula is C13H10F2N2O4S. The van der Waals surface area contributed by atoms with Crippen LogP contribution in [0.4, 0.5) is 13.6 Å². The van der Waals surface area contributed by atoms with Crippen LogP contribution in [0.1, 0.15) is 4.88 Å². The van der Waals surface area contributed by atoms with Gasteiger partial charge in [-0.2, -0.15) is 0 Å². The Bertz CT molecular complexity index is 813. The predicted molar refractivity (Wildman–Crippen MR) is 72.6 cm³/mol. The zero-order valence-electron chi connectivity index (χ0n) is 11.5. The molecule has 0 bridgehead atoms. The van der Waals surface area contributed by atoms with E-state index in [1.807, 2.05) is 6.92 Å². The van der Waals surface area contributed by atoms with Crippen molar-refractivity contribution in [2.45, 2.75) is 13.2 Å². The fourth-order valence-corrected chi connectivity index (χ4v) is 2.75. The maximum atomic E-state index is 13.0. The van der Waals surface area contributed by atoms with Gasteiger partial charge >= 0.3 is 12.4 Å². The van der Waals surface area contributed by atoms with E-state index < -0.39 is 12.4 Å². The summed E-state index contributed by atoms with van der Waals surface area (Å²) in [6.07, 6.45) is -2.69. The van der Waals surface area contributed by atoms with Crippen molar-refractivity contribution in [3.63, 3.8) is 0 Å². The lowest BCUT2D eigenvalue weighted by atomic mass is 10.3. The first-order valence-corrected chi connectivity index (χ1v) is 6.92. The van der Waals surface area contributed by atoms with Crippen LogP contribution in [0.3, 0.4) is 0 Å². The molecular weight excluding hydrogens is 318 g/mol. The van der Waals surface area contributed by atoms with Crippen molar-refractivity contribution in [3.05, 3.63) is 34.1 Å². The van der Waals surface area contributed by atoms with E-state index in [9.17, 15) is 13.6 Å². The number of methoxy groups -OCH3 is 1. The van der Waals surface area contributed by atoms with Crippen molar-refractivity contribution < 1.29 is 27.8 Å². The van der Waals surface area contributed by atoms with Gasteiger partial charge in [-0.25, -0.2) is 4.79 Å². The van der Waals surface area contributed by atoms with Crippen LogP contribution < -0.4 is 14.3 Å². The molecule has 1 aliphatic heterocycles. The van der Waals surface area contributed by atoms with E-state index in [-0.39, 0.29) is 11.5 Å². The molecule has 0 unspecified atom stereocenters. The van der Waals surface area contributed by atoms with Crippen molar-refractivity contribution in [2.24, 2.45) is 4.99 Å². The molecule has 0 saturated heterocycles. The number of nitrogens with zero attached hydrogens (tertiary/aromatic N) is 2. The van der Waals surface area contributed by atoms with Gasteiger partial charge in [-0.05, 0) is 19.1 Å². The monoisotopic (exact) mass is 328 g/mol. The molecule has 2 aromatic rings. The summed E-state index contributed by atoms with van der Waals surface area (Å²) in [5.41, 5.74) is 0.507. The summed E-state index contributed by atoms with van der Waals surface area (Å²) in [6, 6.07) is 4.32. The van der Waals surface area contributed by atoms with Crippen molar-refractivity contribution in [2.75, 3.05) is 7.11 Å². The Kier molecular flexibility index (Phi) is 3.36. The second-order valence-corrected chi connectivity index (χ2v) is 5.59. The Morgan fingerprint density at radius 2 is 2.09 bits per heavy atom. The lowest BCUT2D eigenvalue weighted by Gasteiger charge is -2.04. The first kappa shape index (κ1) is 14.5. The minimum Gasteiger partial charge on any atom is -0.451 e. The summed E-state index contributed by atoms with van der Waals surface area (Å²) in [4.78, 5) is 16.3. The van der Waals surface area contributed by atoms with Gasteiger partial charge in [0, 0.05) is 17.1 Å². The standard InChI is InChI=1S/C13H10F2N2O4S/c1-7-6-17(11(22-7)16-12(18)19-2)8-3-4-9-10(5-8)21-13(14,15)20-9/h3-6H,1-2H3/b16-11-. The largest absolute Gasteiger partial charge is 0.586 e. The van der Waals surface area contributed by atoms with Crippen LogP contribution in [0.15, 0.2) is 29.4 Å². The Morgan fingerprint density at radius 1 is 1.36 bits per heavy atom. The number of benzene rings is 1. The zero-order chi connectivity index (χ0) is 15.9. The molecule has 1 aliphatic rings. The van der Waals surface area contributed by atoms with Gasteiger partial charge in [0.2, 0.25) is 4.80 Å². The molecule has 22 heavy (non-hydrogen) atoms. The van der Waals surface area contributed by atoms with Crippen LogP contribution >= 0.6 is 11.3 Å². The summed E-state index contributed by atoms with van der Waals surface area (Å²) < 4.78 is 40.9. The molecule has 0 radical (unpaired) electrons. The Balaban J connectivity index is 2.07. The van der Waals surface area contributed by atoms with E-state index in [1.165, 1.54) is 30.6 Å². The summed E-state index contributed by atoms with van der Waals surface area (Å²) in [6.45, 7) is 1.83. The van der Waals surface area contributed by atoms with Gasteiger partial charge in [-0.1, -0.05) is 0 Å². The van der Waals surface area contributed by atoms with Crippen molar-refractivity contribution in [3.8, 4) is 17.2 Å². The quantitative estimate of drug-likeness (QED) is 0.807. The third-order valence-electron chi connectivity index (χ3n) is 2.79. The number of halogens is 2. The van der Waals surface area contributed by atoms with Gasteiger partial charge in [-0.15, -0.1) is 25.1 Å². The number of carbonyl (C=O) groups excluding carboxylic acids is 1. The number of rotatable bonds is 1. The van der Waals surface area contributed by atoms with Gasteiger partial charge in [-0.3, -0.25) is 4.57 Å². The summed E-state index contributed by atoms with van der Waals surface area (Å²) in [5, 5.41) is 0. The molecule has 2 heterocycles. The lowest BCUT2D eigenvalue weighted by Crippen LogP contribution is -2.25. The Morgan fingerprint density at radius 3 is 2.82 bits per heavy atom. The summed E-state index contributed by atoms with van der Waals surface area (Å²) in [5.74, 6) is -0.129. The van der Waals surface area contributed by atoms with Crippen molar-refractivity contribution >= 4 is 17.4 Å². The molecule has 116 valence electrons. The number of carbonyl (C=O) groups is 1. The third-order valence-corrected chi connectivity index (χ3v) is 3.69. The first-order valence-electron chi connectivity index (χ1n) is 6.10. The van der Waals surface area contributed by atoms with Gasteiger partial charge in [0.05, 0.1) is 12.8 Å². The van der Waals surface area contributed by atoms with Crippen molar-refractivity contribution in [1.29, 1.82) is 0 Å². The van der Waals surface area contributed by atoms with E-state index in [0.29, 0.717) is 10.5 Å². The number of hydrogen-bond donors (Lipinski definition) is 0. The van der Waals surface area contributed by atoms with Crippen LogP contribution in [0.25, 0.3) is 5.69 Å². The van der Waals surface area contributed by atoms with E-state index >= 15 is 0 Å². The van der Waals surface area contributed by atoms with E-state index in [1.54, 1.807) is 16.8 Å². The number of amides is 1. The highest BCUT2D eigenvalue weighted by molar-refractivity contribution is 7.09. The van der Waals surface area contributed by atoms with E-state index in [0.717, 1.165) is 4.88 Å². The van der Waals surface area contributed by atoms with Gasteiger partial charge in [0.1, 0.15) is 0 Å². The number of aromatic nitrogens is 1. The third kappa shape index (κ3) is 2.67. The maximum Gasteiger partial charge on any atom is 0.586 e. The van der Waals surface area contributed by atoms with Crippen LogP contribution in [-0.4, -0.2) is 24.1 Å². The van der Waals surface area contributed by atoms with E-state index in [2.05, 4.69) is 19.2 Å². The molecule has 6 nitrogen and oxygen atoms in total. The van der Waals surface area contributed by atoms with Crippen LogP contribution in [0, 0.1) is 6.92 Å². The number of fused-ring (bicyclic) bond motifs is 1. The molecule has 0 N–H and O–H groups in total. The number of thiazole rings is 1. The number of ether oxygens (including phenoxy) is 3. The average molecular weight is 328 g/mol. The fraction of sp³-hybridized carbons (Fsp3) is 0.231. The topological polar surface area (TPSA) is 62.0 Å². The second-order valence-electron chi connectivity index (χ2n) is 4.37. The normalized spacial score (nSPS) is 15.9. The molecule has 1 aromatic heterocycles. The summed E-state index contributed by atoms with van der Waals surface area (Å²) >= 11 is 1.26. The molecule has 0 spiro atoms. The number of alkyl halides is 2. The fourth-order valence-electron chi connectivity index (χ4n) is 1.93. The molecule has 3 rings (SSSR count). The smallest absolute Gasteiger partial charge is 0.451 e. The van der Waals surface area contributed by atoms with Crippen molar-refractivity contribution in [1.82, 2.24) is 4.57 Å². The minimum atomic E-state index is -3.67. The molecule has 0 aliphatic carbocycles. The van der Waals surface area contributed by atoms with E-state index in [4.69, 9.17) is 0 Å². The lowest BCUT2D eigenvalue weighted by molar-refractivity contribution is -0.286. The minimum absolute atomic E-state index is 0.0484. The van der Waals surface area contributed by atoms with Crippen LogP contribution in [-0.2, 0) is 4.74 Å². The highest BCUT2D eigenvalue weighted by Gasteiger charge is 2.43. The highest BCUT2D eigenvalue weighted by Crippen LogP contribution is 2.41. The van der Waals surface area contributed by atoms with Gasteiger partial charge in [0.15, 0.2) is 11.5 Å². The molecule has 1 amide bonds. The highest BCUT2D eigenvalue weighted by atomic mass is 32.1. The van der Waals surface area contributed by atoms with Gasteiger partial charge < -0.3 is 14.2 Å². The molecule has 0 atom stereocenters. The van der Waals surface area contributed by atoms with Crippen LogP contribution in [0.2, 0.25) is 0 Å². The second kappa shape index (κ2) is 5.09.